The van der Waals surface area contributed by atoms with E-state index in [0.717, 1.165) is 25.7 Å². The van der Waals surface area contributed by atoms with E-state index in [-0.39, 0.29) is 42.2 Å². The Bertz CT molecular complexity index is 759. The van der Waals surface area contributed by atoms with Crippen molar-refractivity contribution in [1.29, 1.82) is 0 Å². The number of hydrogen-bond acceptors (Lipinski definition) is 6. The molecule has 3 saturated heterocycles. The highest BCUT2D eigenvalue weighted by molar-refractivity contribution is 8.02. The predicted octanol–water partition coefficient (Wildman–Crippen LogP) is 2.86. The second-order valence-electron chi connectivity index (χ2n) is 9.95. The van der Waals surface area contributed by atoms with Crippen LogP contribution in [-0.2, 0) is 19.1 Å². The first-order valence-corrected chi connectivity index (χ1v) is 13.3. The lowest BCUT2D eigenvalue weighted by Crippen LogP contribution is -2.57. The van der Waals surface area contributed by atoms with Crippen molar-refractivity contribution < 1.29 is 24.2 Å². The Balaban J connectivity index is 2.06. The SMILES string of the molecule is C=CCN(CCCC)C(=O)C1N([C@@H](CO)CC(C)C)C(=O)[C@@H]2[C@H](C(=O)OCC)[C@@H]3CCC12S3. The molecule has 1 N–H and O–H groups in total. The van der Waals surface area contributed by atoms with Crippen molar-refractivity contribution >= 4 is 29.5 Å². The molecule has 7 nitrogen and oxygen atoms in total. The molecule has 6 atom stereocenters. The number of esters is 1. The molecular formula is C25H40N2O5S. The Kier molecular flexibility index (Phi) is 8.54. The minimum atomic E-state index is -0.683. The van der Waals surface area contributed by atoms with Crippen LogP contribution in [0.2, 0.25) is 0 Å². The van der Waals surface area contributed by atoms with Gasteiger partial charge in [-0.2, -0.15) is 0 Å². The van der Waals surface area contributed by atoms with E-state index in [4.69, 9.17) is 4.74 Å². The molecule has 3 rings (SSSR count). The number of rotatable bonds is 12. The third-order valence-electron chi connectivity index (χ3n) is 7.32. The average Bonchev–Trinajstić information content (AvgIpc) is 3.42. The summed E-state index contributed by atoms with van der Waals surface area (Å²) in [5.41, 5.74) is 0. The number of carbonyl (C=O) groups excluding carboxylic acids is 3. The Morgan fingerprint density at radius 3 is 2.70 bits per heavy atom. The van der Waals surface area contributed by atoms with Gasteiger partial charge in [-0.3, -0.25) is 14.4 Å². The van der Waals surface area contributed by atoms with Crippen molar-refractivity contribution in [3.05, 3.63) is 12.7 Å². The van der Waals surface area contributed by atoms with E-state index >= 15 is 0 Å². The molecule has 0 aromatic heterocycles. The number of nitrogens with zero attached hydrogens (tertiary/aromatic N) is 2. The number of hydrogen-bond donors (Lipinski definition) is 1. The van der Waals surface area contributed by atoms with Crippen LogP contribution in [0.3, 0.4) is 0 Å². The van der Waals surface area contributed by atoms with Crippen LogP contribution in [0.4, 0.5) is 0 Å². The maximum absolute atomic E-state index is 14.1. The van der Waals surface area contributed by atoms with Crippen LogP contribution in [0, 0.1) is 17.8 Å². The zero-order valence-electron chi connectivity index (χ0n) is 20.5. The van der Waals surface area contributed by atoms with Gasteiger partial charge in [0.05, 0.1) is 35.8 Å². The lowest BCUT2D eigenvalue weighted by molar-refractivity contribution is -0.154. The molecule has 33 heavy (non-hydrogen) atoms. The standard InChI is InChI=1S/C25H40N2O5S/c1-6-9-13-26(12-7-2)23(30)21-25-11-10-18(33-25)19(24(31)32-8-3)20(25)22(29)27(21)17(15-28)14-16(4)5/h7,16-21,28H,2,6,8-15H2,1,3-5H3/t17-,18+,19-,20+,21?,25?/m1/s1. The molecule has 3 fully saturated rings. The van der Waals surface area contributed by atoms with Crippen molar-refractivity contribution in [2.24, 2.45) is 17.8 Å². The van der Waals surface area contributed by atoms with E-state index < -0.39 is 28.7 Å². The number of unbranched alkanes of at least 4 members (excludes halogenated alkanes) is 1. The molecule has 8 heteroatoms. The summed E-state index contributed by atoms with van der Waals surface area (Å²) >= 11 is 1.64. The van der Waals surface area contributed by atoms with Gasteiger partial charge in [0.15, 0.2) is 0 Å². The normalized spacial score (nSPS) is 31.1. The maximum Gasteiger partial charge on any atom is 0.310 e. The van der Waals surface area contributed by atoms with Crippen molar-refractivity contribution in [3.63, 3.8) is 0 Å². The second-order valence-corrected chi connectivity index (χ2v) is 11.5. The smallest absolute Gasteiger partial charge is 0.310 e. The van der Waals surface area contributed by atoms with Crippen molar-refractivity contribution in [1.82, 2.24) is 9.80 Å². The van der Waals surface area contributed by atoms with Crippen molar-refractivity contribution in [3.8, 4) is 0 Å². The van der Waals surface area contributed by atoms with Gasteiger partial charge in [0, 0.05) is 18.3 Å². The molecule has 2 amide bonds. The summed E-state index contributed by atoms with van der Waals surface area (Å²) in [4.78, 5) is 44.5. The summed E-state index contributed by atoms with van der Waals surface area (Å²) in [6.07, 6.45) is 5.66. The van der Waals surface area contributed by atoms with Crippen LogP contribution in [0.25, 0.3) is 0 Å². The maximum atomic E-state index is 14.1. The highest BCUT2D eigenvalue weighted by Gasteiger charge is 2.74. The molecule has 2 unspecified atom stereocenters. The van der Waals surface area contributed by atoms with Gasteiger partial charge in [-0.1, -0.05) is 33.3 Å². The lowest BCUT2D eigenvalue weighted by atomic mass is 9.71. The summed E-state index contributed by atoms with van der Waals surface area (Å²) in [6, 6.07) is -1.14. The minimum absolute atomic E-state index is 0.00313. The number of thioether (sulfide) groups is 1. The van der Waals surface area contributed by atoms with Gasteiger partial charge in [-0.15, -0.1) is 18.3 Å². The summed E-state index contributed by atoms with van der Waals surface area (Å²) in [7, 11) is 0. The van der Waals surface area contributed by atoms with Crippen LogP contribution in [0.5, 0.6) is 0 Å². The molecule has 1 spiro atoms. The van der Waals surface area contributed by atoms with E-state index in [1.165, 1.54) is 0 Å². The van der Waals surface area contributed by atoms with Crippen LogP contribution in [-0.4, -0.2) is 81.1 Å². The minimum Gasteiger partial charge on any atom is -0.466 e. The molecule has 2 bridgehead atoms. The molecule has 0 aliphatic carbocycles. The molecule has 3 aliphatic rings. The first-order chi connectivity index (χ1) is 15.8. The monoisotopic (exact) mass is 480 g/mol. The van der Waals surface area contributed by atoms with E-state index in [2.05, 4.69) is 13.5 Å². The first kappa shape index (κ1) is 26.1. The molecule has 0 aromatic rings. The summed E-state index contributed by atoms with van der Waals surface area (Å²) in [6.45, 7) is 12.9. The largest absolute Gasteiger partial charge is 0.466 e. The molecule has 0 aromatic carbocycles. The number of aliphatic hydroxyl groups is 1. The third kappa shape index (κ3) is 4.57. The Morgan fingerprint density at radius 1 is 1.39 bits per heavy atom. The van der Waals surface area contributed by atoms with E-state index in [1.54, 1.807) is 34.6 Å². The van der Waals surface area contributed by atoms with Gasteiger partial charge in [0.2, 0.25) is 11.8 Å². The third-order valence-corrected chi connectivity index (χ3v) is 9.27. The first-order valence-electron chi connectivity index (χ1n) is 12.4. The number of aliphatic hydroxyl groups excluding tert-OH is 1. The van der Waals surface area contributed by atoms with Crippen LogP contribution in [0.15, 0.2) is 12.7 Å². The topological polar surface area (TPSA) is 87.2 Å². The Hall–Kier alpha value is -1.54. The molecule has 0 radical (unpaired) electrons. The number of fused-ring (bicyclic) bond motifs is 1. The van der Waals surface area contributed by atoms with Crippen LogP contribution < -0.4 is 0 Å². The number of amides is 2. The quantitative estimate of drug-likeness (QED) is 0.341. The van der Waals surface area contributed by atoms with Gasteiger partial charge < -0.3 is 19.6 Å². The Labute approximate surface area is 202 Å². The van der Waals surface area contributed by atoms with Crippen molar-refractivity contribution in [2.75, 3.05) is 26.3 Å². The number of carbonyl (C=O) groups is 3. The van der Waals surface area contributed by atoms with Gasteiger partial charge in [0.25, 0.3) is 0 Å². The van der Waals surface area contributed by atoms with Crippen LogP contribution >= 0.6 is 11.8 Å². The Morgan fingerprint density at radius 2 is 2.12 bits per heavy atom. The summed E-state index contributed by atoms with van der Waals surface area (Å²) < 4.78 is 4.73. The number of ether oxygens (including phenoxy) is 1. The summed E-state index contributed by atoms with van der Waals surface area (Å²) in [5, 5.41) is 10.3. The van der Waals surface area contributed by atoms with Gasteiger partial charge in [-0.25, -0.2) is 0 Å². The fourth-order valence-corrected chi connectivity index (χ4v) is 8.25. The number of likely N-dealkylation sites (tertiary alicyclic amines) is 1. The van der Waals surface area contributed by atoms with Gasteiger partial charge in [-0.05, 0) is 38.5 Å². The average molecular weight is 481 g/mol. The van der Waals surface area contributed by atoms with E-state index in [9.17, 15) is 19.5 Å². The van der Waals surface area contributed by atoms with Gasteiger partial charge in [0.1, 0.15) is 6.04 Å². The van der Waals surface area contributed by atoms with Crippen molar-refractivity contribution in [2.45, 2.75) is 81.9 Å². The molecule has 0 saturated carbocycles. The molecule has 3 heterocycles. The van der Waals surface area contributed by atoms with Gasteiger partial charge >= 0.3 is 5.97 Å². The zero-order chi connectivity index (χ0) is 24.3. The van der Waals surface area contributed by atoms with E-state index in [0.29, 0.717) is 19.5 Å². The summed E-state index contributed by atoms with van der Waals surface area (Å²) in [5.74, 6) is -1.45. The molecule has 186 valence electrons. The predicted molar refractivity (Wildman–Crippen MR) is 130 cm³/mol. The molecule has 3 aliphatic heterocycles. The second kappa shape index (κ2) is 10.8. The highest BCUT2D eigenvalue weighted by atomic mass is 32.2. The van der Waals surface area contributed by atoms with Crippen LogP contribution in [0.1, 0.15) is 59.8 Å². The molecular weight excluding hydrogens is 440 g/mol. The highest BCUT2D eigenvalue weighted by Crippen LogP contribution is 2.67. The fraction of sp³-hybridized carbons (Fsp3) is 0.800. The zero-order valence-corrected chi connectivity index (χ0v) is 21.3. The van der Waals surface area contributed by atoms with E-state index in [1.807, 2.05) is 13.8 Å². The lowest BCUT2D eigenvalue weighted by Gasteiger charge is -2.40. The fourth-order valence-electron chi connectivity index (χ4n) is 6.06.